The van der Waals surface area contributed by atoms with Crippen molar-refractivity contribution >= 4 is 11.6 Å². The Balaban J connectivity index is 2.68. The van der Waals surface area contributed by atoms with Crippen LogP contribution < -0.4 is 0 Å². The summed E-state index contributed by atoms with van der Waals surface area (Å²) in [4.78, 5) is 0. The number of halogens is 1. The van der Waals surface area contributed by atoms with Gasteiger partial charge in [-0.1, -0.05) is 17.7 Å². The number of hydrogen-bond donors (Lipinski definition) is 1. The zero-order valence-electron chi connectivity index (χ0n) is 10.3. The first-order valence-electron chi connectivity index (χ1n) is 5.60. The molecule has 1 heterocycles. The van der Waals surface area contributed by atoms with Gasteiger partial charge in [-0.2, -0.15) is 0 Å². The molecule has 0 atom stereocenters. The molecule has 0 aliphatic carbocycles. The van der Waals surface area contributed by atoms with Gasteiger partial charge in [-0.25, -0.2) is 0 Å². The molecular weight excluding hydrogens is 234 g/mol. The highest BCUT2D eigenvalue weighted by Gasteiger charge is 2.12. The van der Waals surface area contributed by atoms with E-state index in [9.17, 15) is 5.11 Å². The summed E-state index contributed by atoms with van der Waals surface area (Å²) in [6, 6.07) is 7.89. The number of aliphatic hydroxyl groups excluding tert-OH is 1. The number of aromatic nitrogens is 1. The highest BCUT2D eigenvalue weighted by atomic mass is 35.5. The predicted molar refractivity (Wildman–Crippen MR) is 70.9 cm³/mol. The van der Waals surface area contributed by atoms with Crippen LogP contribution in [0.2, 0.25) is 5.02 Å². The molecule has 0 saturated carbocycles. The molecule has 2 rings (SSSR count). The zero-order chi connectivity index (χ0) is 12.6. The fourth-order valence-electron chi connectivity index (χ4n) is 2.20. The summed E-state index contributed by atoms with van der Waals surface area (Å²) in [5.74, 6) is 0. The molecule has 0 unspecified atom stereocenters. The monoisotopic (exact) mass is 249 g/mol. The van der Waals surface area contributed by atoms with Crippen LogP contribution >= 0.6 is 11.6 Å². The first-order chi connectivity index (χ1) is 8.06. The van der Waals surface area contributed by atoms with Gasteiger partial charge in [0.1, 0.15) is 0 Å². The van der Waals surface area contributed by atoms with E-state index in [1.807, 2.05) is 45.0 Å². The molecule has 1 aromatic heterocycles. The van der Waals surface area contributed by atoms with E-state index in [1.165, 1.54) is 0 Å². The van der Waals surface area contributed by atoms with E-state index in [1.54, 1.807) is 0 Å². The van der Waals surface area contributed by atoms with Crippen molar-refractivity contribution in [3.05, 3.63) is 51.8 Å². The largest absolute Gasteiger partial charge is 0.392 e. The van der Waals surface area contributed by atoms with Crippen LogP contribution in [0, 0.1) is 20.8 Å². The van der Waals surface area contributed by atoms with Crippen LogP contribution in [0.5, 0.6) is 0 Å². The van der Waals surface area contributed by atoms with Crippen molar-refractivity contribution in [2.45, 2.75) is 27.4 Å². The van der Waals surface area contributed by atoms with Crippen molar-refractivity contribution in [3.63, 3.8) is 0 Å². The van der Waals surface area contributed by atoms with Gasteiger partial charge in [0.25, 0.3) is 0 Å². The third-order valence-corrected chi connectivity index (χ3v) is 3.60. The summed E-state index contributed by atoms with van der Waals surface area (Å²) in [5.41, 5.74) is 5.27. The Labute approximate surface area is 106 Å². The molecule has 2 nitrogen and oxygen atoms in total. The molecule has 0 radical (unpaired) electrons. The number of aliphatic hydroxyl groups is 1. The molecule has 0 aliphatic heterocycles. The lowest BCUT2D eigenvalue weighted by Gasteiger charge is -2.13. The third-order valence-electron chi connectivity index (χ3n) is 3.19. The zero-order valence-corrected chi connectivity index (χ0v) is 11.0. The standard InChI is InChI=1S/C14H16ClNO/c1-9-7-12(8-17)11(3)16(9)14-6-4-5-13(15)10(14)2/h4-7,17H,8H2,1-3H3. The summed E-state index contributed by atoms with van der Waals surface area (Å²) in [6.07, 6.45) is 0. The lowest BCUT2D eigenvalue weighted by molar-refractivity contribution is 0.281. The van der Waals surface area contributed by atoms with Crippen LogP contribution in [-0.2, 0) is 6.61 Å². The number of rotatable bonds is 2. The Morgan fingerprint density at radius 2 is 1.94 bits per heavy atom. The summed E-state index contributed by atoms with van der Waals surface area (Å²) in [6.45, 7) is 6.12. The van der Waals surface area contributed by atoms with Gasteiger partial charge in [0, 0.05) is 22.1 Å². The van der Waals surface area contributed by atoms with Crippen LogP contribution in [0.4, 0.5) is 0 Å². The first-order valence-corrected chi connectivity index (χ1v) is 5.98. The Morgan fingerprint density at radius 3 is 2.53 bits per heavy atom. The molecule has 0 aliphatic rings. The summed E-state index contributed by atoms with van der Waals surface area (Å²) >= 11 is 6.15. The fraction of sp³-hybridized carbons (Fsp3) is 0.286. The van der Waals surface area contributed by atoms with E-state index in [4.69, 9.17) is 11.6 Å². The first kappa shape index (κ1) is 12.2. The SMILES string of the molecule is Cc1c(Cl)cccc1-n1c(C)cc(CO)c1C. The van der Waals surface area contributed by atoms with Crippen LogP contribution in [0.15, 0.2) is 24.3 Å². The van der Waals surface area contributed by atoms with E-state index < -0.39 is 0 Å². The molecule has 1 aromatic carbocycles. The van der Waals surface area contributed by atoms with Crippen molar-refractivity contribution in [2.75, 3.05) is 0 Å². The highest BCUT2D eigenvalue weighted by molar-refractivity contribution is 6.31. The van der Waals surface area contributed by atoms with E-state index in [2.05, 4.69) is 4.57 Å². The predicted octanol–water partition coefficient (Wildman–Crippen LogP) is 3.55. The fourth-order valence-corrected chi connectivity index (χ4v) is 2.37. The molecule has 1 N–H and O–H groups in total. The molecule has 0 amide bonds. The van der Waals surface area contributed by atoms with Gasteiger partial charge >= 0.3 is 0 Å². The van der Waals surface area contributed by atoms with Crippen LogP contribution in [-0.4, -0.2) is 9.67 Å². The van der Waals surface area contributed by atoms with Crippen molar-refractivity contribution in [1.29, 1.82) is 0 Å². The molecule has 0 saturated heterocycles. The van der Waals surface area contributed by atoms with Crippen molar-refractivity contribution in [2.24, 2.45) is 0 Å². The maximum Gasteiger partial charge on any atom is 0.0699 e. The van der Waals surface area contributed by atoms with Gasteiger partial charge in [-0.15, -0.1) is 0 Å². The minimum absolute atomic E-state index is 0.0687. The minimum Gasteiger partial charge on any atom is -0.392 e. The van der Waals surface area contributed by atoms with Gasteiger partial charge < -0.3 is 9.67 Å². The Morgan fingerprint density at radius 1 is 1.24 bits per heavy atom. The van der Waals surface area contributed by atoms with Gasteiger partial charge in [0.05, 0.1) is 6.61 Å². The molecule has 0 spiro atoms. The van der Waals surface area contributed by atoms with Gasteiger partial charge in [-0.3, -0.25) is 0 Å². The van der Waals surface area contributed by atoms with Gasteiger partial charge in [0.2, 0.25) is 0 Å². The molecule has 0 fully saturated rings. The van der Waals surface area contributed by atoms with Crippen molar-refractivity contribution in [3.8, 4) is 5.69 Å². The summed E-state index contributed by atoms with van der Waals surface area (Å²) < 4.78 is 2.13. The molecule has 2 aromatic rings. The Hall–Kier alpha value is -1.25. The maximum atomic E-state index is 9.29. The highest BCUT2D eigenvalue weighted by Crippen LogP contribution is 2.27. The maximum absolute atomic E-state index is 9.29. The van der Waals surface area contributed by atoms with Crippen molar-refractivity contribution < 1.29 is 5.11 Å². The van der Waals surface area contributed by atoms with Crippen LogP contribution in [0.1, 0.15) is 22.5 Å². The quantitative estimate of drug-likeness (QED) is 0.865. The van der Waals surface area contributed by atoms with Crippen LogP contribution in [0.3, 0.4) is 0 Å². The van der Waals surface area contributed by atoms with E-state index >= 15 is 0 Å². The normalized spacial score (nSPS) is 10.9. The van der Waals surface area contributed by atoms with Gasteiger partial charge in [-0.05, 0) is 50.1 Å². The second-order valence-corrected chi connectivity index (χ2v) is 4.68. The van der Waals surface area contributed by atoms with E-state index in [0.29, 0.717) is 0 Å². The van der Waals surface area contributed by atoms with Crippen molar-refractivity contribution in [1.82, 2.24) is 4.57 Å². The molecule has 3 heteroatoms. The minimum atomic E-state index is 0.0687. The topological polar surface area (TPSA) is 25.2 Å². The summed E-state index contributed by atoms with van der Waals surface area (Å²) in [7, 11) is 0. The summed E-state index contributed by atoms with van der Waals surface area (Å²) in [5, 5.41) is 10.1. The van der Waals surface area contributed by atoms with E-state index in [-0.39, 0.29) is 6.61 Å². The second kappa shape index (κ2) is 4.55. The lowest BCUT2D eigenvalue weighted by Crippen LogP contribution is -2.02. The average molecular weight is 250 g/mol. The number of aryl methyl sites for hydroxylation is 1. The van der Waals surface area contributed by atoms with Gasteiger partial charge in [0.15, 0.2) is 0 Å². The molecule has 90 valence electrons. The molecule has 0 bridgehead atoms. The van der Waals surface area contributed by atoms with Crippen LogP contribution in [0.25, 0.3) is 5.69 Å². The Bertz CT molecular complexity index is 558. The number of hydrogen-bond acceptors (Lipinski definition) is 1. The lowest BCUT2D eigenvalue weighted by atomic mass is 10.2. The average Bonchev–Trinajstić information content (AvgIpc) is 2.58. The number of nitrogens with zero attached hydrogens (tertiary/aromatic N) is 1. The molecule has 17 heavy (non-hydrogen) atoms. The Kier molecular flexibility index (Phi) is 3.27. The molecular formula is C14H16ClNO. The third kappa shape index (κ3) is 1.99. The second-order valence-electron chi connectivity index (χ2n) is 4.27. The smallest absolute Gasteiger partial charge is 0.0699 e. The van der Waals surface area contributed by atoms with E-state index in [0.717, 1.165) is 33.2 Å². The number of benzene rings is 1.